The Labute approximate surface area is 90.2 Å². The van der Waals surface area contributed by atoms with Gasteiger partial charge >= 0.3 is 5.97 Å². The third kappa shape index (κ3) is 2.38. The minimum Gasteiger partial charge on any atom is -0.443 e. The molecule has 1 unspecified atom stereocenters. The van der Waals surface area contributed by atoms with E-state index in [9.17, 15) is 4.79 Å². The van der Waals surface area contributed by atoms with Crippen molar-refractivity contribution >= 4 is 5.78 Å². The van der Waals surface area contributed by atoms with Gasteiger partial charge in [-0.05, 0) is 27.7 Å². The van der Waals surface area contributed by atoms with Crippen molar-refractivity contribution in [2.24, 2.45) is 5.92 Å². The molecule has 0 fully saturated rings. The van der Waals surface area contributed by atoms with Gasteiger partial charge in [0.2, 0.25) is 0 Å². The Balaban J connectivity index is 2.95. The van der Waals surface area contributed by atoms with Crippen LogP contribution in [-0.2, 0) is 19.0 Å². The fourth-order valence-electron chi connectivity index (χ4n) is 1.59. The first kappa shape index (κ1) is 12.2. The van der Waals surface area contributed by atoms with E-state index in [1.807, 2.05) is 13.8 Å². The molecule has 0 aromatic carbocycles. The average molecular weight is 214 g/mol. The van der Waals surface area contributed by atoms with Gasteiger partial charge in [-0.1, -0.05) is 0 Å². The summed E-state index contributed by atoms with van der Waals surface area (Å²) < 4.78 is 16.4. The molecule has 0 spiro atoms. The summed E-state index contributed by atoms with van der Waals surface area (Å²) in [6, 6.07) is 0. The molecule has 1 rings (SSSR count). The second-order valence-electron chi connectivity index (χ2n) is 3.45. The van der Waals surface area contributed by atoms with Crippen molar-refractivity contribution in [1.29, 1.82) is 0 Å². The van der Waals surface area contributed by atoms with Gasteiger partial charge in [0.05, 0.1) is 13.2 Å². The van der Waals surface area contributed by atoms with Crippen molar-refractivity contribution in [1.82, 2.24) is 0 Å². The number of ketones is 1. The molecule has 1 heterocycles. The Morgan fingerprint density at radius 3 is 2.40 bits per heavy atom. The Kier molecular flexibility index (Phi) is 3.88. The van der Waals surface area contributed by atoms with Crippen LogP contribution in [0.1, 0.15) is 27.7 Å². The van der Waals surface area contributed by atoms with Crippen LogP contribution in [0.4, 0.5) is 0 Å². The summed E-state index contributed by atoms with van der Waals surface area (Å²) in [7, 11) is 0. The van der Waals surface area contributed by atoms with Gasteiger partial charge in [0, 0.05) is 6.08 Å². The highest BCUT2D eigenvalue weighted by molar-refractivity contribution is 5.93. The highest BCUT2D eigenvalue weighted by Gasteiger charge is 2.47. The van der Waals surface area contributed by atoms with E-state index in [0.29, 0.717) is 19.0 Å². The van der Waals surface area contributed by atoms with E-state index in [1.54, 1.807) is 13.8 Å². The van der Waals surface area contributed by atoms with E-state index in [2.05, 4.69) is 0 Å². The molecule has 1 aliphatic heterocycles. The molecule has 0 aromatic heterocycles. The van der Waals surface area contributed by atoms with Gasteiger partial charge in [-0.2, -0.15) is 0 Å². The molecule has 15 heavy (non-hydrogen) atoms. The topological polar surface area (TPSA) is 44.8 Å². The van der Waals surface area contributed by atoms with Crippen LogP contribution in [0.5, 0.6) is 0 Å². The summed E-state index contributed by atoms with van der Waals surface area (Å²) in [6.07, 6.45) is 1.47. The number of carbonyl (C=O) groups excluding carboxylic acids is 1. The summed E-state index contributed by atoms with van der Waals surface area (Å²) in [5, 5.41) is 0. The van der Waals surface area contributed by atoms with Crippen LogP contribution in [0.3, 0.4) is 0 Å². The molecule has 0 radical (unpaired) electrons. The van der Waals surface area contributed by atoms with Gasteiger partial charge in [-0.15, -0.1) is 0 Å². The summed E-state index contributed by atoms with van der Waals surface area (Å²) in [5.74, 6) is -1.18. The maximum absolute atomic E-state index is 11.7. The highest BCUT2D eigenvalue weighted by Crippen LogP contribution is 2.33. The molecule has 0 bridgehead atoms. The largest absolute Gasteiger partial charge is 0.443 e. The van der Waals surface area contributed by atoms with Gasteiger partial charge in [0.1, 0.15) is 11.7 Å². The van der Waals surface area contributed by atoms with E-state index >= 15 is 0 Å². The lowest BCUT2D eigenvalue weighted by Crippen LogP contribution is -2.50. The summed E-state index contributed by atoms with van der Waals surface area (Å²) in [5.41, 5.74) is 0. The monoisotopic (exact) mass is 214 g/mol. The Morgan fingerprint density at radius 1 is 1.40 bits per heavy atom. The molecular formula is C11H18O4. The van der Waals surface area contributed by atoms with Crippen molar-refractivity contribution in [3.8, 4) is 0 Å². The number of allylic oxidation sites excluding steroid dienone is 2. The molecule has 1 atom stereocenters. The Morgan fingerprint density at radius 2 is 1.93 bits per heavy atom. The fraction of sp³-hybridized carbons (Fsp3) is 0.727. The molecule has 4 nitrogen and oxygen atoms in total. The predicted molar refractivity (Wildman–Crippen MR) is 55.0 cm³/mol. The molecule has 0 aromatic rings. The molecule has 0 saturated carbocycles. The van der Waals surface area contributed by atoms with Gasteiger partial charge in [-0.3, -0.25) is 4.79 Å². The minimum atomic E-state index is -1.24. The van der Waals surface area contributed by atoms with Crippen LogP contribution in [0.15, 0.2) is 11.8 Å². The first-order valence-electron chi connectivity index (χ1n) is 5.24. The molecule has 4 heteroatoms. The van der Waals surface area contributed by atoms with Crippen LogP contribution in [0.25, 0.3) is 0 Å². The van der Waals surface area contributed by atoms with E-state index < -0.39 is 11.9 Å². The second-order valence-corrected chi connectivity index (χ2v) is 3.45. The molecule has 0 saturated heterocycles. The summed E-state index contributed by atoms with van der Waals surface area (Å²) >= 11 is 0. The lowest BCUT2D eigenvalue weighted by atomic mass is 10.0. The molecule has 1 aliphatic rings. The Bertz CT molecular complexity index is 264. The molecule has 0 amide bonds. The van der Waals surface area contributed by atoms with Crippen molar-refractivity contribution < 1.29 is 19.0 Å². The molecule has 0 aliphatic carbocycles. The first-order valence-corrected chi connectivity index (χ1v) is 5.24. The zero-order valence-electron chi connectivity index (χ0n) is 9.70. The lowest BCUT2D eigenvalue weighted by Gasteiger charge is -2.39. The molecule has 0 N–H and O–H groups in total. The van der Waals surface area contributed by atoms with Crippen LogP contribution in [0.2, 0.25) is 0 Å². The van der Waals surface area contributed by atoms with Crippen LogP contribution < -0.4 is 0 Å². The third-order valence-electron chi connectivity index (χ3n) is 2.30. The summed E-state index contributed by atoms with van der Waals surface area (Å²) in [4.78, 5) is 11.7. The van der Waals surface area contributed by atoms with E-state index in [-0.39, 0.29) is 5.78 Å². The summed E-state index contributed by atoms with van der Waals surface area (Å²) in [6.45, 7) is 8.02. The maximum Gasteiger partial charge on any atom is 0.336 e. The van der Waals surface area contributed by atoms with E-state index in [0.717, 1.165) is 0 Å². The Hall–Kier alpha value is -0.870. The average Bonchev–Trinajstić information content (AvgIpc) is 2.15. The van der Waals surface area contributed by atoms with Gasteiger partial charge in [-0.25, -0.2) is 0 Å². The minimum absolute atomic E-state index is 0.0272. The second kappa shape index (κ2) is 4.77. The van der Waals surface area contributed by atoms with Crippen molar-refractivity contribution in [2.45, 2.75) is 33.7 Å². The normalized spacial score (nSPS) is 24.7. The van der Waals surface area contributed by atoms with Crippen molar-refractivity contribution in [3.63, 3.8) is 0 Å². The first-order chi connectivity index (χ1) is 7.05. The predicted octanol–water partition coefficient (Wildman–Crippen LogP) is 1.85. The van der Waals surface area contributed by atoms with Gasteiger partial charge in [0.25, 0.3) is 0 Å². The van der Waals surface area contributed by atoms with E-state index in [4.69, 9.17) is 14.2 Å². The van der Waals surface area contributed by atoms with E-state index in [1.165, 1.54) is 6.08 Å². The third-order valence-corrected chi connectivity index (χ3v) is 2.30. The number of carbonyl (C=O) groups is 1. The van der Waals surface area contributed by atoms with Crippen LogP contribution in [0, 0.1) is 5.92 Å². The number of ether oxygens (including phenoxy) is 3. The quantitative estimate of drug-likeness (QED) is 0.670. The maximum atomic E-state index is 11.7. The van der Waals surface area contributed by atoms with Gasteiger partial charge < -0.3 is 14.2 Å². The fourth-order valence-corrected chi connectivity index (χ4v) is 1.59. The molecule has 86 valence electrons. The smallest absolute Gasteiger partial charge is 0.336 e. The SMILES string of the molecule is CCOC1(OCC)OC(C)=CC(=O)C1C. The number of hydrogen-bond acceptors (Lipinski definition) is 4. The van der Waals surface area contributed by atoms with Crippen LogP contribution in [-0.4, -0.2) is 25.0 Å². The zero-order chi connectivity index (χ0) is 11.5. The number of hydrogen-bond donors (Lipinski definition) is 0. The van der Waals surface area contributed by atoms with Crippen molar-refractivity contribution in [2.75, 3.05) is 13.2 Å². The zero-order valence-corrected chi connectivity index (χ0v) is 9.70. The number of rotatable bonds is 4. The lowest BCUT2D eigenvalue weighted by molar-refractivity contribution is -0.382. The van der Waals surface area contributed by atoms with Crippen LogP contribution >= 0.6 is 0 Å². The van der Waals surface area contributed by atoms with Gasteiger partial charge in [0.15, 0.2) is 5.78 Å². The molecular weight excluding hydrogens is 196 g/mol. The van der Waals surface area contributed by atoms with Crippen molar-refractivity contribution in [3.05, 3.63) is 11.8 Å². The standard InChI is InChI=1S/C11H18O4/c1-5-13-11(14-6-2)9(4)10(12)7-8(3)15-11/h7,9H,5-6H2,1-4H3. The highest BCUT2D eigenvalue weighted by atomic mass is 16.9.